The second-order valence-electron chi connectivity index (χ2n) is 8.76. The molecule has 1 saturated heterocycles. The Kier molecular flexibility index (Phi) is 6.68. The van der Waals surface area contributed by atoms with Crippen LogP contribution in [-0.2, 0) is 11.3 Å². The molecule has 6 nitrogen and oxygen atoms in total. The summed E-state index contributed by atoms with van der Waals surface area (Å²) in [6.45, 7) is 9.29. The van der Waals surface area contributed by atoms with Crippen LogP contribution in [0.3, 0.4) is 0 Å². The van der Waals surface area contributed by atoms with Crippen LogP contribution < -0.4 is 9.47 Å². The molecule has 2 amide bonds. The van der Waals surface area contributed by atoms with Crippen LogP contribution >= 0.6 is 0 Å². The number of carbonyl (C=O) groups excluding carboxylic acids is 2. The second kappa shape index (κ2) is 9.63. The van der Waals surface area contributed by atoms with Crippen molar-refractivity contribution in [1.82, 2.24) is 9.80 Å². The fourth-order valence-corrected chi connectivity index (χ4v) is 4.71. The number of para-hydroxylation sites is 1. The molecule has 1 atom stereocenters. The fourth-order valence-electron chi connectivity index (χ4n) is 4.71. The number of piperidine rings is 1. The Morgan fingerprint density at radius 3 is 2.59 bits per heavy atom. The summed E-state index contributed by atoms with van der Waals surface area (Å²) < 4.78 is 11.5. The lowest BCUT2D eigenvalue weighted by molar-refractivity contribution is -0.137. The zero-order valence-corrected chi connectivity index (χ0v) is 19.2. The maximum atomic E-state index is 13.4. The van der Waals surface area contributed by atoms with Gasteiger partial charge in [-0.05, 0) is 51.8 Å². The van der Waals surface area contributed by atoms with E-state index in [9.17, 15) is 9.59 Å². The molecule has 2 aromatic rings. The lowest BCUT2D eigenvalue weighted by Crippen LogP contribution is -2.46. The summed E-state index contributed by atoms with van der Waals surface area (Å²) in [5, 5.41) is 0. The molecular weight excluding hydrogens is 404 g/mol. The van der Waals surface area contributed by atoms with Crippen molar-refractivity contribution in [3.05, 3.63) is 58.7 Å². The highest BCUT2D eigenvalue weighted by Crippen LogP contribution is 2.34. The molecule has 2 aromatic carbocycles. The van der Waals surface area contributed by atoms with Crippen LogP contribution in [0.4, 0.5) is 0 Å². The number of benzene rings is 2. The molecule has 0 radical (unpaired) electrons. The Labute approximate surface area is 190 Å². The number of carbonyl (C=O) groups is 2. The summed E-state index contributed by atoms with van der Waals surface area (Å²) in [6.07, 6.45) is 1.64. The third-order valence-electron chi connectivity index (χ3n) is 6.23. The lowest BCUT2D eigenvalue weighted by Gasteiger charge is -2.35. The minimum Gasteiger partial charge on any atom is -0.486 e. The highest BCUT2D eigenvalue weighted by atomic mass is 16.6. The standard InChI is InChI=1S/C26H32N2O4/c1-4-27(16-20-7-5-9-23-24(20)32-12-11-31-23)25(29)21-8-6-10-28(17-21)26(30)22-14-18(2)13-19(3)15-22/h5,7,9,13-15,21H,4,6,8,10-12,16-17H2,1-3H3. The molecule has 0 aliphatic carbocycles. The van der Waals surface area contributed by atoms with E-state index >= 15 is 0 Å². The highest BCUT2D eigenvalue weighted by Gasteiger charge is 2.32. The van der Waals surface area contributed by atoms with Gasteiger partial charge in [-0.15, -0.1) is 0 Å². The number of ether oxygens (including phenoxy) is 2. The van der Waals surface area contributed by atoms with E-state index in [2.05, 4.69) is 6.07 Å². The van der Waals surface area contributed by atoms with Crippen LogP contribution in [0.1, 0.15) is 46.8 Å². The number of nitrogens with zero attached hydrogens (tertiary/aromatic N) is 2. The van der Waals surface area contributed by atoms with Gasteiger partial charge < -0.3 is 19.3 Å². The first-order valence-corrected chi connectivity index (χ1v) is 11.5. The van der Waals surface area contributed by atoms with Crippen LogP contribution in [0, 0.1) is 19.8 Å². The normalized spacial score (nSPS) is 17.7. The Hall–Kier alpha value is -3.02. The molecule has 32 heavy (non-hydrogen) atoms. The van der Waals surface area contributed by atoms with Crippen LogP contribution in [-0.4, -0.2) is 54.5 Å². The molecule has 0 N–H and O–H groups in total. The molecule has 4 rings (SSSR count). The number of hydrogen-bond acceptors (Lipinski definition) is 4. The Balaban J connectivity index is 1.46. The molecule has 1 fully saturated rings. The van der Waals surface area contributed by atoms with E-state index in [-0.39, 0.29) is 17.7 Å². The predicted octanol–water partition coefficient (Wildman–Crippen LogP) is 3.98. The monoisotopic (exact) mass is 436 g/mol. The van der Waals surface area contributed by atoms with E-state index in [0.717, 1.165) is 41.0 Å². The predicted molar refractivity (Wildman–Crippen MR) is 123 cm³/mol. The van der Waals surface area contributed by atoms with Crippen molar-refractivity contribution in [1.29, 1.82) is 0 Å². The maximum absolute atomic E-state index is 13.4. The summed E-state index contributed by atoms with van der Waals surface area (Å²) in [4.78, 5) is 30.3. The molecule has 0 bridgehead atoms. The first kappa shape index (κ1) is 22.2. The molecule has 2 aliphatic heterocycles. The average Bonchev–Trinajstić information content (AvgIpc) is 2.81. The minimum atomic E-state index is -0.185. The van der Waals surface area contributed by atoms with Crippen molar-refractivity contribution in [3.63, 3.8) is 0 Å². The summed E-state index contributed by atoms with van der Waals surface area (Å²) in [6, 6.07) is 11.7. The van der Waals surface area contributed by atoms with Gasteiger partial charge in [0.15, 0.2) is 11.5 Å². The second-order valence-corrected chi connectivity index (χ2v) is 8.76. The Morgan fingerprint density at radius 2 is 1.84 bits per heavy atom. The largest absolute Gasteiger partial charge is 0.486 e. The summed E-state index contributed by atoms with van der Waals surface area (Å²) in [5.41, 5.74) is 3.81. The average molecular weight is 437 g/mol. The van der Waals surface area contributed by atoms with Gasteiger partial charge in [0.1, 0.15) is 13.2 Å². The van der Waals surface area contributed by atoms with Crippen LogP contribution in [0.25, 0.3) is 0 Å². The van der Waals surface area contributed by atoms with Gasteiger partial charge in [-0.2, -0.15) is 0 Å². The van der Waals surface area contributed by atoms with Crippen LogP contribution in [0.5, 0.6) is 11.5 Å². The molecule has 0 aromatic heterocycles. The lowest BCUT2D eigenvalue weighted by atomic mass is 9.95. The SMILES string of the molecule is CCN(Cc1cccc2c1OCCO2)C(=O)C1CCCN(C(=O)c2cc(C)cc(C)c2)C1. The van der Waals surface area contributed by atoms with Gasteiger partial charge in [-0.25, -0.2) is 0 Å². The van der Waals surface area contributed by atoms with E-state index in [1.165, 1.54) is 0 Å². The molecule has 0 saturated carbocycles. The van der Waals surface area contributed by atoms with Crippen LogP contribution in [0.2, 0.25) is 0 Å². The zero-order valence-electron chi connectivity index (χ0n) is 19.2. The van der Waals surface area contributed by atoms with Gasteiger partial charge in [0.25, 0.3) is 5.91 Å². The molecule has 2 aliphatic rings. The first-order chi connectivity index (χ1) is 15.5. The number of likely N-dealkylation sites (tertiary alicyclic amines) is 1. The van der Waals surface area contributed by atoms with Gasteiger partial charge in [-0.3, -0.25) is 9.59 Å². The number of aryl methyl sites for hydroxylation is 2. The first-order valence-electron chi connectivity index (χ1n) is 11.5. The number of fused-ring (bicyclic) bond motifs is 1. The summed E-state index contributed by atoms with van der Waals surface area (Å²) in [7, 11) is 0. The van der Waals surface area contributed by atoms with Crippen molar-refractivity contribution in [2.24, 2.45) is 5.92 Å². The van der Waals surface area contributed by atoms with E-state index in [4.69, 9.17) is 9.47 Å². The van der Waals surface area contributed by atoms with Gasteiger partial charge in [-0.1, -0.05) is 29.3 Å². The summed E-state index contributed by atoms with van der Waals surface area (Å²) in [5.74, 6) is 1.40. The minimum absolute atomic E-state index is 0.0139. The van der Waals surface area contributed by atoms with Gasteiger partial charge in [0.2, 0.25) is 5.91 Å². The molecule has 170 valence electrons. The molecular formula is C26H32N2O4. The quantitative estimate of drug-likeness (QED) is 0.712. The third-order valence-corrected chi connectivity index (χ3v) is 6.23. The zero-order chi connectivity index (χ0) is 22.7. The van der Waals surface area contributed by atoms with Crippen LogP contribution in [0.15, 0.2) is 36.4 Å². The van der Waals surface area contributed by atoms with Gasteiger partial charge in [0.05, 0.1) is 5.92 Å². The Bertz CT molecular complexity index is 983. The maximum Gasteiger partial charge on any atom is 0.253 e. The van der Waals surface area contributed by atoms with Gasteiger partial charge >= 0.3 is 0 Å². The van der Waals surface area contributed by atoms with Crippen molar-refractivity contribution in [3.8, 4) is 11.5 Å². The molecule has 0 spiro atoms. The van der Waals surface area contributed by atoms with E-state index < -0.39 is 0 Å². The van der Waals surface area contributed by atoms with E-state index in [1.54, 1.807) is 0 Å². The molecule has 1 unspecified atom stereocenters. The number of amides is 2. The van der Waals surface area contributed by atoms with E-state index in [1.807, 2.05) is 60.9 Å². The summed E-state index contributed by atoms with van der Waals surface area (Å²) >= 11 is 0. The third kappa shape index (κ3) is 4.74. The van der Waals surface area contributed by atoms with Crippen molar-refractivity contribution in [2.45, 2.75) is 40.2 Å². The molecule has 6 heteroatoms. The smallest absolute Gasteiger partial charge is 0.253 e. The number of rotatable bonds is 5. The van der Waals surface area contributed by atoms with Gasteiger partial charge in [0, 0.05) is 37.3 Å². The van der Waals surface area contributed by atoms with E-state index in [0.29, 0.717) is 45.0 Å². The topological polar surface area (TPSA) is 59.1 Å². The van der Waals surface area contributed by atoms with Crippen molar-refractivity contribution in [2.75, 3.05) is 32.8 Å². The fraction of sp³-hybridized carbons (Fsp3) is 0.462. The number of hydrogen-bond donors (Lipinski definition) is 0. The van der Waals surface area contributed by atoms with Crippen molar-refractivity contribution >= 4 is 11.8 Å². The highest BCUT2D eigenvalue weighted by molar-refractivity contribution is 5.95. The Morgan fingerprint density at radius 1 is 1.09 bits per heavy atom. The molecule has 2 heterocycles. The van der Waals surface area contributed by atoms with Crippen molar-refractivity contribution < 1.29 is 19.1 Å².